The van der Waals surface area contributed by atoms with Gasteiger partial charge in [-0.1, -0.05) is 12.1 Å². The zero-order valence-corrected chi connectivity index (χ0v) is 12.0. The van der Waals surface area contributed by atoms with Crippen molar-refractivity contribution in [1.82, 2.24) is 5.32 Å². The van der Waals surface area contributed by atoms with Crippen LogP contribution in [0.15, 0.2) is 35.4 Å². The van der Waals surface area contributed by atoms with Gasteiger partial charge in [0.1, 0.15) is 18.2 Å². The van der Waals surface area contributed by atoms with Crippen molar-refractivity contribution < 1.29 is 14.3 Å². The highest BCUT2D eigenvalue weighted by molar-refractivity contribution is 5.98. The lowest BCUT2D eigenvalue weighted by Gasteiger charge is -2.18. The summed E-state index contributed by atoms with van der Waals surface area (Å²) in [5.74, 6) is 0.960. The van der Waals surface area contributed by atoms with Crippen LogP contribution in [0, 0.1) is 11.3 Å². The van der Waals surface area contributed by atoms with E-state index in [1.165, 1.54) is 0 Å². The standard InChI is InChI=1S/C16H16N2O3/c1-3-18-16(19)13(9-17)8-11-7-12-5-4-6-14(20-2)15(12)21-10-11/h4-8H,3,10H2,1-2H3,(H,18,19)/b13-8-. The Morgan fingerprint density at radius 2 is 2.38 bits per heavy atom. The van der Waals surface area contributed by atoms with E-state index in [-0.39, 0.29) is 18.1 Å². The Balaban J connectivity index is 2.32. The highest BCUT2D eigenvalue weighted by Gasteiger charge is 2.16. The normalized spacial score (nSPS) is 13.4. The average molecular weight is 284 g/mol. The van der Waals surface area contributed by atoms with E-state index >= 15 is 0 Å². The third-order valence-corrected chi connectivity index (χ3v) is 2.99. The molecule has 108 valence electrons. The number of methoxy groups -OCH3 is 1. The number of benzene rings is 1. The summed E-state index contributed by atoms with van der Waals surface area (Å²) in [5, 5.41) is 11.7. The Morgan fingerprint density at radius 1 is 1.57 bits per heavy atom. The van der Waals surface area contributed by atoms with E-state index in [0.717, 1.165) is 11.1 Å². The van der Waals surface area contributed by atoms with Crippen molar-refractivity contribution in [2.45, 2.75) is 6.92 Å². The lowest BCUT2D eigenvalue weighted by atomic mass is 10.0. The maximum atomic E-state index is 11.7. The Kier molecular flexibility index (Phi) is 4.62. The molecular weight excluding hydrogens is 268 g/mol. The maximum Gasteiger partial charge on any atom is 0.261 e. The number of para-hydroxylation sites is 1. The predicted molar refractivity (Wildman–Crippen MR) is 78.8 cm³/mol. The number of fused-ring (bicyclic) bond motifs is 1. The van der Waals surface area contributed by atoms with E-state index in [9.17, 15) is 4.79 Å². The van der Waals surface area contributed by atoms with Crippen molar-refractivity contribution >= 4 is 12.0 Å². The van der Waals surface area contributed by atoms with E-state index in [2.05, 4.69) is 5.32 Å². The quantitative estimate of drug-likeness (QED) is 0.678. The SMILES string of the molecule is CCNC(=O)/C(C#N)=C\C1=Cc2cccc(OC)c2OC1. The molecular formula is C16H16N2O3. The Bertz CT molecular complexity index is 654. The molecule has 0 fully saturated rings. The van der Waals surface area contributed by atoms with Crippen LogP contribution in [0.25, 0.3) is 6.08 Å². The van der Waals surface area contributed by atoms with Crippen molar-refractivity contribution in [3.8, 4) is 17.6 Å². The van der Waals surface area contributed by atoms with Crippen molar-refractivity contribution in [1.29, 1.82) is 5.26 Å². The molecule has 1 N–H and O–H groups in total. The number of rotatable bonds is 4. The van der Waals surface area contributed by atoms with Gasteiger partial charge in [-0.3, -0.25) is 4.79 Å². The Hall–Kier alpha value is -2.74. The maximum absolute atomic E-state index is 11.7. The fourth-order valence-electron chi connectivity index (χ4n) is 2.03. The summed E-state index contributed by atoms with van der Waals surface area (Å²) < 4.78 is 10.9. The van der Waals surface area contributed by atoms with Crippen LogP contribution < -0.4 is 14.8 Å². The molecule has 21 heavy (non-hydrogen) atoms. The number of nitrogens with zero attached hydrogens (tertiary/aromatic N) is 1. The van der Waals surface area contributed by atoms with E-state index in [1.54, 1.807) is 20.1 Å². The van der Waals surface area contributed by atoms with Crippen molar-refractivity contribution in [2.75, 3.05) is 20.3 Å². The van der Waals surface area contributed by atoms with Gasteiger partial charge in [-0.15, -0.1) is 0 Å². The van der Waals surface area contributed by atoms with Gasteiger partial charge in [-0.05, 0) is 30.7 Å². The van der Waals surface area contributed by atoms with Crippen LogP contribution in [0.5, 0.6) is 11.5 Å². The largest absolute Gasteiger partial charge is 0.493 e. The van der Waals surface area contributed by atoms with Gasteiger partial charge in [0.05, 0.1) is 7.11 Å². The minimum absolute atomic E-state index is 0.0676. The topological polar surface area (TPSA) is 71.4 Å². The fourth-order valence-corrected chi connectivity index (χ4v) is 2.03. The Morgan fingerprint density at radius 3 is 3.05 bits per heavy atom. The van der Waals surface area contributed by atoms with Crippen molar-refractivity contribution in [3.63, 3.8) is 0 Å². The molecule has 0 aromatic heterocycles. The Labute approximate surface area is 123 Å². The van der Waals surface area contributed by atoms with Crippen LogP contribution in [0.2, 0.25) is 0 Å². The van der Waals surface area contributed by atoms with Crippen LogP contribution in [0.1, 0.15) is 12.5 Å². The first-order chi connectivity index (χ1) is 10.2. The van der Waals surface area contributed by atoms with Crippen LogP contribution in [-0.4, -0.2) is 26.2 Å². The summed E-state index contributed by atoms with van der Waals surface area (Å²) in [4.78, 5) is 11.7. The second kappa shape index (κ2) is 6.62. The number of carbonyl (C=O) groups excluding carboxylic acids is 1. The molecule has 0 saturated heterocycles. The second-order valence-corrected chi connectivity index (χ2v) is 4.42. The number of ether oxygens (including phenoxy) is 2. The summed E-state index contributed by atoms with van der Waals surface area (Å²) in [6, 6.07) is 7.48. The summed E-state index contributed by atoms with van der Waals surface area (Å²) in [5.41, 5.74) is 1.69. The summed E-state index contributed by atoms with van der Waals surface area (Å²) in [6.07, 6.45) is 3.44. The second-order valence-electron chi connectivity index (χ2n) is 4.42. The number of carbonyl (C=O) groups is 1. The van der Waals surface area contributed by atoms with E-state index in [4.69, 9.17) is 14.7 Å². The van der Waals surface area contributed by atoms with Gasteiger partial charge >= 0.3 is 0 Å². The van der Waals surface area contributed by atoms with E-state index in [0.29, 0.717) is 18.0 Å². The minimum Gasteiger partial charge on any atom is -0.493 e. The van der Waals surface area contributed by atoms with Gasteiger partial charge in [0.15, 0.2) is 11.5 Å². The van der Waals surface area contributed by atoms with Crippen LogP contribution in [0.4, 0.5) is 0 Å². The molecule has 0 unspecified atom stereocenters. The van der Waals surface area contributed by atoms with Gasteiger partial charge in [-0.2, -0.15) is 5.26 Å². The van der Waals surface area contributed by atoms with Crippen LogP contribution >= 0.6 is 0 Å². The van der Waals surface area contributed by atoms with Gasteiger partial charge in [-0.25, -0.2) is 0 Å². The molecule has 0 atom stereocenters. The first kappa shape index (κ1) is 14.7. The molecule has 1 aliphatic rings. The number of hydrogen-bond acceptors (Lipinski definition) is 4. The van der Waals surface area contributed by atoms with Gasteiger partial charge in [0.25, 0.3) is 5.91 Å². The number of likely N-dealkylation sites (N-methyl/N-ethyl adjacent to an activating group) is 1. The molecule has 0 aliphatic carbocycles. The predicted octanol–water partition coefficient (Wildman–Crippen LogP) is 2.06. The molecule has 0 bridgehead atoms. The number of nitriles is 1. The van der Waals surface area contributed by atoms with Crippen molar-refractivity contribution in [2.24, 2.45) is 0 Å². The molecule has 0 saturated carbocycles. The number of hydrogen-bond donors (Lipinski definition) is 1. The fraction of sp³-hybridized carbons (Fsp3) is 0.250. The summed E-state index contributed by atoms with van der Waals surface area (Å²) >= 11 is 0. The molecule has 1 heterocycles. The first-order valence-corrected chi connectivity index (χ1v) is 6.60. The zero-order chi connectivity index (χ0) is 15.2. The zero-order valence-electron chi connectivity index (χ0n) is 12.0. The molecule has 2 rings (SSSR count). The third kappa shape index (κ3) is 3.23. The monoisotopic (exact) mass is 284 g/mol. The van der Waals surface area contributed by atoms with Gasteiger partial charge in [0, 0.05) is 12.1 Å². The smallest absolute Gasteiger partial charge is 0.261 e. The molecule has 1 amide bonds. The van der Waals surface area contributed by atoms with E-state index in [1.807, 2.05) is 30.3 Å². The van der Waals surface area contributed by atoms with Gasteiger partial charge < -0.3 is 14.8 Å². The van der Waals surface area contributed by atoms with E-state index < -0.39 is 0 Å². The minimum atomic E-state index is -0.377. The van der Waals surface area contributed by atoms with Crippen molar-refractivity contribution in [3.05, 3.63) is 41.0 Å². The van der Waals surface area contributed by atoms with Crippen LogP contribution in [-0.2, 0) is 4.79 Å². The average Bonchev–Trinajstić information content (AvgIpc) is 2.51. The molecule has 1 aromatic rings. The summed E-state index contributed by atoms with van der Waals surface area (Å²) in [7, 11) is 1.58. The molecule has 1 aliphatic heterocycles. The van der Waals surface area contributed by atoms with Crippen LogP contribution in [0.3, 0.4) is 0 Å². The lowest BCUT2D eigenvalue weighted by molar-refractivity contribution is -0.117. The lowest BCUT2D eigenvalue weighted by Crippen LogP contribution is -2.24. The highest BCUT2D eigenvalue weighted by atomic mass is 16.5. The number of nitrogens with one attached hydrogen (secondary N) is 1. The first-order valence-electron chi connectivity index (χ1n) is 6.60. The summed E-state index contributed by atoms with van der Waals surface area (Å²) in [6.45, 7) is 2.57. The molecule has 0 spiro atoms. The molecule has 5 heteroatoms. The molecule has 5 nitrogen and oxygen atoms in total. The highest BCUT2D eigenvalue weighted by Crippen LogP contribution is 2.35. The molecule has 1 aromatic carbocycles. The third-order valence-electron chi connectivity index (χ3n) is 2.99. The number of amides is 1. The van der Waals surface area contributed by atoms with Gasteiger partial charge in [0.2, 0.25) is 0 Å². The molecule has 0 radical (unpaired) electrons.